The van der Waals surface area contributed by atoms with Gasteiger partial charge in [0, 0.05) is 58.0 Å². The van der Waals surface area contributed by atoms with E-state index in [4.69, 9.17) is 9.72 Å². The minimum atomic E-state index is -0.0632. The number of carbonyl (C=O) groups excluding carboxylic acids is 1. The molecule has 178 valence electrons. The topological polar surface area (TPSA) is 60.9 Å². The van der Waals surface area contributed by atoms with Crippen LogP contribution in [0.25, 0.3) is 0 Å². The van der Waals surface area contributed by atoms with Crippen LogP contribution in [0.4, 0.5) is 5.82 Å². The predicted molar refractivity (Wildman–Crippen MR) is 128 cm³/mol. The number of aromatic nitrogens is 1. The average Bonchev–Trinajstić information content (AvgIpc) is 3.10. The zero-order valence-electron chi connectivity index (χ0n) is 20.0. The Bertz CT molecular complexity index is 729. The Morgan fingerprint density at radius 2 is 1.84 bits per heavy atom. The standard InChI is InChI=1S/C25H41N5O2/c1-20(2)28-13-7-22(8-14-28)29-11-4-12-30(16-15-29)24-6-3-5-23(27-24)25(31)26-19-21-9-17-32-18-10-21/h3,5-6,20-22H,4,7-19H2,1-2H3,(H,26,31). The fraction of sp³-hybridized carbons (Fsp3) is 0.760. The molecule has 0 bridgehead atoms. The maximum absolute atomic E-state index is 12.7. The van der Waals surface area contributed by atoms with Crippen molar-refractivity contribution >= 4 is 11.7 Å². The van der Waals surface area contributed by atoms with Crippen molar-refractivity contribution in [1.82, 2.24) is 20.1 Å². The third-order valence-electron chi connectivity index (χ3n) is 7.46. The van der Waals surface area contributed by atoms with Crippen molar-refractivity contribution in [3.63, 3.8) is 0 Å². The number of carbonyl (C=O) groups is 1. The number of nitrogens with one attached hydrogen (secondary N) is 1. The first-order valence-electron chi connectivity index (χ1n) is 12.7. The number of hydrogen-bond acceptors (Lipinski definition) is 6. The summed E-state index contributed by atoms with van der Waals surface area (Å²) in [5, 5.41) is 3.08. The number of ether oxygens (including phenoxy) is 1. The first-order valence-corrected chi connectivity index (χ1v) is 12.7. The molecule has 0 radical (unpaired) electrons. The highest BCUT2D eigenvalue weighted by Gasteiger charge is 2.27. The number of piperidine rings is 1. The molecule has 0 atom stereocenters. The second kappa shape index (κ2) is 11.4. The second-order valence-electron chi connectivity index (χ2n) is 9.88. The zero-order valence-corrected chi connectivity index (χ0v) is 20.0. The summed E-state index contributed by atoms with van der Waals surface area (Å²) in [6.07, 6.45) is 5.74. The van der Waals surface area contributed by atoms with E-state index in [0.29, 0.717) is 30.2 Å². The van der Waals surface area contributed by atoms with E-state index in [1.165, 1.54) is 25.9 Å². The Labute approximate surface area is 193 Å². The van der Waals surface area contributed by atoms with Crippen molar-refractivity contribution in [2.75, 3.05) is 63.9 Å². The van der Waals surface area contributed by atoms with Gasteiger partial charge in [0.05, 0.1) is 0 Å². The number of anilines is 1. The normalized spacial score (nSPS) is 22.8. The molecule has 3 fully saturated rings. The third-order valence-corrected chi connectivity index (χ3v) is 7.46. The van der Waals surface area contributed by atoms with E-state index in [0.717, 1.165) is 64.5 Å². The quantitative estimate of drug-likeness (QED) is 0.729. The van der Waals surface area contributed by atoms with Crippen LogP contribution >= 0.6 is 0 Å². The maximum atomic E-state index is 12.7. The largest absolute Gasteiger partial charge is 0.381 e. The van der Waals surface area contributed by atoms with Crippen molar-refractivity contribution < 1.29 is 9.53 Å². The van der Waals surface area contributed by atoms with E-state index in [-0.39, 0.29) is 5.91 Å². The van der Waals surface area contributed by atoms with Crippen LogP contribution in [0.1, 0.15) is 56.4 Å². The summed E-state index contributed by atoms with van der Waals surface area (Å²) in [6, 6.07) is 7.21. The third kappa shape index (κ3) is 6.21. The number of pyridine rings is 1. The fourth-order valence-electron chi connectivity index (χ4n) is 5.30. The van der Waals surface area contributed by atoms with Crippen LogP contribution in [-0.4, -0.2) is 91.8 Å². The van der Waals surface area contributed by atoms with Gasteiger partial charge in [-0.3, -0.25) is 9.69 Å². The highest BCUT2D eigenvalue weighted by atomic mass is 16.5. The summed E-state index contributed by atoms with van der Waals surface area (Å²) in [6.45, 7) is 13.6. The van der Waals surface area contributed by atoms with Crippen LogP contribution in [0.5, 0.6) is 0 Å². The van der Waals surface area contributed by atoms with Crippen molar-refractivity contribution in [2.24, 2.45) is 5.92 Å². The molecule has 4 heterocycles. The number of hydrogen-bond donors (Lipinski definition) is 1. The molecule has 7 heteroatoms. The molecule has 1 amide bonds. The smallest absolute Gasteiger partial charge is 0.269 e. The summed E-state index contributed by atoms with van der Waals surface area (Å²) in [7, 11) is 0. The molecule has 4 rings (SSSR count). The van der Waals surface area contributed by atoms with Crippen molar-refractivity contribution in [3.8, 4) is 0 Å². The molecule has 3 saturated heterocycles. The Kier molecular flexibility index (Phi) is 8.38. The van der Waals surface area contributed by atoms with Gasteiger partial charge in [-0.2, -0.15) is 0 Å². The molecule has 1 aromatic heterocycles. The van der Waals surface area contributed by atoms with Crippen LogP contribution in [-0.2, 0) is 4.74 Å². The van der Waals surface area contributed by atoms with Crippen LogP contribution in [0.2, 0.25) is 0 Å². The summed E-state index contributed by atoms with van der Waals surface area (Å²) < 4.78 is 5.41. The number of amides is 1. The van der Waals surface area contributed by atoms with Crippen molar-refractivity contribution in [3.05, 3.63) is 23.9 Å². The monoisotopic (exact) mass is 443 g/mol. The lowest BCUT2D eigenvalue weighted by molar-refractivity contribution is 0.0642. The average molecular weight is 444 g/mol. The number of likely N-dealkylation sites (tertiary alicyclic amines) is 1. The lowest BCUT2D eigenvalue weighted by Gasteiger charge is -2.39. The molecule has 7 nitrogen and oxygen atoms in total. The predicted octanol–water partition coefficient (Wildman–Crippen LogP) is 2.62. The Morgan fingerprint density at radius 3 is 2.59 bits per heavy atom. The molecule has 0 saturated carbocycles. The molecule has 0 spiro atoms. The lowest BCUT2D eigenvalue weighted by Crippen LogP contribution is -2.47. The minimum Gasteiger partial charge on any atom is -0.381 e. The van der Waals surface area contributed by atoms with Crippen LogP contribution in [0, 0.1) is 5.92 Å². The fourth-order valence-corrected chi connectivity index (χ4v) is 5.30. The summed E-state index contributed by atoms with van der Waals surface area (Å²) >= 11 is 0. The van der Waals surface area contributed by atoms with Gasteiger partial charge in [0.1, 0.15) is 11.5 Å². The molecule has 1 aromatic rings. The number of rotatable bonds is 6. The van der Waals surface area contributed by atoms with Gasteiger partial charge in [0.15, 0.2) is 0 Å². The van der Waals surface area contributed by atoms with Crippen molar-refractivity contribution in [1.29, 1.82) is 0 Å². The summed E-state index contributed by atoms with van der Waals surface area (Å²) in [5.41, 5.74) is 0.525. The molecule has 32 heavy (non-hydrogen) atoms. The van der Waals surface area contributed by atoms with E-state index in [2.05, 4.69) is 33.9 Å². The van der Waals surface area contributed by atoms with Gasteiger partial charge >= 0.3 is 0 Å². The highest BCUT2D eigenvalue weighted by Crippen LogP contribution is 2.21. The van der Waals surface area contributed by atoms with Crippen LogP contribution in [0.15, 0.2) is 18.2 Å². The van der Waals surface area contributed by atoms with E-state index < -0.39 is 0 Å². The molecule has 0 unspecified atom stereocenters. The molecule has 3 aliphatic heterocycles. The molecule has 0 aromatic carbocycles. The van der Waals surface area contributed by atoms with E-state index >= 15 is 0 Å². The van der Waals surface area contributed by atoms with Crippen molar-refractivity contribution in [2.45, 2.75) is 58.0 Å². The first kappa shape index (κ1) is 23.5. The molecular formula is C25H41N5O2. The van der Waals surface area contributed by atoms with Gasteiger partial charge in [-0.15, -0.1) is 0 Å². The first-order chi connectivity index (χ1) is 15.6. The SMILES string of the molecule is CC(C)N1CCC(N2CCCN(c3cccc(C(=O)NCC4CCOCC4)n3)CC2)CC1. The lowest BCUT2D eigenvalue weighted by atomic mass is 10.0. The van der Waals surface area contributed by atoms with E-state index in [1.807, 2.05) is 18.2 Å². The maximum Gasteiger partial charge on any atom is 0.269 e. The Morgan fingerprint density at radius 1 is 1.06 bits per heavy atom. The zero-order chi connectivity index (χ0) is 22.3. The highest BCUT2D eigenvalue weighted by molar-refractivity contribution is 5.92. The molecule has 0 aliphatic carbocycles. The number of nitrogens with zero attached hydrogens (tertiary/aromatic N) is 4. The minimum absolute atomic E-state index is 0.0632. The summed E-state index contributed by atoms with van der Waals surface area (Å²) in [4.78, 5) is 25.1. The van der Waals surface area contributed by atoms with Gasteiger partial charge in [0.2, 0.25) is 0 Å². The molecular weight excluding hydrogens is 402 g/mol. The van der Waals surface area contributed by atoms with Gasteiger partial charge in [-0.05, 0) is 77.1 Å². The summed E-state index contributed by atoms with van der Waals surface area (Å²) in [5.74, 6) is 1.38. The second-order valence-corrected chi connectivity index (χ2v) is 9.88. The Balaban J connectivity index is 1.29. The van der Waals surface area contributed by atoms with Gasteiger partial charge in [-0.25, -0.2) is 4.98 Å². The molecule has 3 aliphatic rings. The van der Waals surface area contributed by atoms with E-state index in [1.54, 1.807) is 0 Å². The Hall–Kier alpha value is -1.70. The van der Waals surface area contributed by atoms with Gasteiger partial charge in [-0.1, -0.05) is 6.07 Å². The van der Waals surface area contributed by atoms with Gasteiger partial charge in [0.25, 0.3) is 5.91 Å². The van der Waals surface area contributed by atoms with E-state index in [9.17, 15) is 4.79 Å². The molecule has 1 N–H and O–H groups in total. The van der Waals surface area contributed by atoms with Gasteiger partial charge < -0.3 is 19.9 Å². The van der Waals surface area contributed by atoms with Crippen LogP contribution < -0.4 is 10.2 Å². The van der Waals surface area contributed by atoms with Crippen LogP contribution in [0.3, 0.4) is 0 Å².